The van der Waals surface area contributed by atoms with Crippen molar-refractivity contribution in [3.05, 3.63) is 0 Å². The van der Waals surface area contributed by atoms with E-state index in [2.05, 4.69) is 0 Å². The fourth-order valence-electron chi connectivity index (χ4n) is 2.09. The maximum absolute atomic E-state index is 11.6. The van der Waals surface area contributed by atoms with E-state index in [1.54, 1.807) is 11.8 Å². The fraction of sp³-hybridized carbons (Fsp3) is 0.909. The summed E-state index contributed by atoms with van der Waals surface area (Å²) in [6, 6.07) is 0. The molecule has 1 spiro atoms. The van der Waals surface area contributed by atoms with Crippen molar-refractivity contribution in [2.75, 3.05) is 26.3 Å². The van der Waals surface area contributed by atoms with Crippen molar-refractivity contribution in [1.82, 2.24) is 4.90 Å². The number of rotatable bonds is 1. The summed E-state index contributed by atoms with van der Waals surface area (Å²) in [5.74, 6) is -0.493. The second-order valence-electron chi connectivity index (χ2n) is 5.29. The summed E-state index contributed by atoms with van der Waals surface area (Å²) >= 11 is 5.75. The highest BCUT2D eigenvalue weighted by Crippen LogP contribution is 2.37. The van der Waals surface area contributed by atoms with E-state index in [4.69, 9.17) is 21.1 Å². The second-order valence-corrected chi connectivity index (χ2v) is 5.94. The molecule has 2 aliphatic rings. The molecule has 0 radical (unpaired) electrons. The fourth-order valence-corrected chi connectivity index (χ4v) is 2.23. The van der Waals surface area contributed by atoms with Gasteiger partial charge in [-0.05, 0) is 20.8 Å². The lowest BCUT2D eigenvalue weighted by Gasteiger charge is -2.54. The number of amides is 1. The van der Waals surface area contributed by atoms with Gasteiger partial charge in [0.15, 0.2) is 5.79 Å². The van der Waals surface area contributed by atoms with Crippen molar-refractivity contribution < 1.29 is 14.3 Å². The molecule has 2 aliphatic heterocycles. The molecule has 0 aromatic heterocycles. The van der Waals surface area contributed by atoms with Gasteiger partial charge in [0.05, 0.1) is 18.6 Å². The first-order valence-corrected chi connectivity index (χ1v) is 5.98. The van der Waals surface area contributed by atoms with Crippen LogP contribution in [-0.4, -0.2) is 48.3 Å². The van der Waals surface area contributed by atoms with Gasteiger partial charge in [-0.15, -0.1) is 11.6 Å². The maximum Gasteiger partial charge on any atom is 0.240 e. The molecular formula is C11H18ClNO3. The van der Waals surface area contributed by atoms with Gasteiger partial charge in [-0.3, -0.25) is 4.79 Å². The molecule has 0 aromatic carbocycles. The van der Waals surface area contributed by atoms with E-state index >= 15 is 0 Å². The van der Waals surface area contributed by atoms with Crippen LogP contribution in [0.1, 0.15) is 20.8 Å². The average Bonchev–Trinajstić information content (AvgIpc) is 2.14. The van der Waals surface area contributed by atoms with Crippen LogP contribution in [0.3, 0.4) is 0 Å². The predicted molar refractivity (Wildman–Crippen MR) is 60.3 cm³/mol. The number of carbonyl (C=O) groups is 1. The minimum absolute atomic E-state index is 0.00266. The van der Waals surface area contributed by atoms with E-state index in [0.29, 0.717) is 26.3 Å². The van der Waals surface area contributed by atoms with E-state index < -0.39 is 11.2 Å². The highest BCUT2D eigenvalue weighted by molar-refractivity contribution is 6.30. The van der Waals surface area contributed by atoms with Crippen molar-refractivity contribution in [3.8, 4) is 0 Å². The zero-order valence-electron chi connectivity index (χ0n) is 9.96. The van der Waals surface area contributed by atoms with Crippen LogP contribution < -0.4 is 0 Å². The molecule has 2 rings (SSSR count). The summed E-state index contributed by atoms with van der Waals surface area (Å²) in [4.78, 5) is 13.4. The number of carbonyl (C=O) groups excluding carboxylic acids is 1. The zero-order chi connectivity index (χ0) is 12.0. The van der Waals surface area contributed by atoms with Gasteiger partial charge in [-0.25, -0.2) is 0 Å². The molecule has 0 saturated carbocycles. The Morgan fingerprint density at radius 3 is 2.25 bits per heavy atom. The Bertz CT molecular complexity index is 286. The van der Waals surface area contributed by atoms with Crippen LogP contribution in [0.15, 0.2) is 0 Å². The van der Waals surface area contributed by atoms with E-state index in [1.165, 1.54) is 0 Å². The first-order valence-electron chi connectivity index (χ1n) is 5.54. The maximum atomic E-state index is 11.6. The summed E-state index contributed by atoms with van der Waals surface area (Å²) in [6.45, 7) is 8.20. The summed E-state index contributed by atoms with van der Waals surface area (Å²) in [6.07, 6.45) is 0. The molecular weight excluding hydrogens is 230 g/mol. The topological polar surface area (TPSA) is 38.8 Å². The van der Waals surface area contributed by atoms with Crippen molar-refractivity contribution in [2.45, 2.75) is 31.9 Å². The molecule has 5 heteroatoms. The van der Waals surface area contributed by atoms with Crippen LogP contribution in [0.25, 0.3) is 0 Å². The smallest absolute Gasteiger partial charge is 0.240 e. The first kappa shape index (κ1) is 12.1. The molecule has 92 valence electrons. The highest BCUT2D eigenvalue weighted by atomic mass is 35.5. The van der Waals surface area contributed by atoms with Crippen LogP contribution in [0.2, 0.25) is 0 Å². The van der Waals surface area contributed by atoms with Gasteiger partial charge in [-0.2, -0.15) is 0 Å². The van der Waals surface area contributed by atoms with Crippen molar-refractivity contribution >= 4 is 17.5 Å². The van der Waals surface area contributed by atoms with Crippen molar-refractivity contribution in [1.29, 1.82) is 0 Å². The number of halogens is 1. The Morgan fingerprint density at radius 1 is 1.31 bits per heavy atom. The van der Waals surface area contributed by atoms with Gasteiger partial charge in [0, 0.05) is 13.1 Å². The van der Waals surface area contributed by atoms with Gasteiger partial charge in [-0.1, -0.05) is 0 Å². The van der Waals surface area contributed by atoms with Crippen LogP contribution in [0.4, 0.5) is 0 Å². The zero-order valence-corrected chi connectivity index (χ0v) is 10.7. The Labute approximate surface area is 101 Å². The summed E-state index contributed by atoms with van der Waals surface area (Å²) in [7, 11) is 0. The van der Waals surface area contributed by atoms with Crippen LogP contribution in [0.5, 0.6) is 0 Å². The molecule has 16 heavy (non-hydrogen) atoms. The second kappa shape index (κ2) is 3.86. The van der Waals surface area contributed by atoms with Gasteiger partial charge in [0.2, 0.25) is 5.91 Å². The molecule has 1 atom stereocenters. The van der Waals surface area contributed by atoms with E-state index in [-0.39, 0.29) is 11.3 Å². The van der Waals surface area contributed by atoms with E-state index in [1.807, 2.05) is 13.8 Å². The Kier molecular flexibility index (Phi) is 2.93. The predicted octanol–water partition coefficient (Wildman–Crippen LogP) is 1.23. The quantitative estimate of drug-likeness (QED) is 0.654. The molecule has 0 aliphatic carbocycles. The number of likely N-dealkylation sites (tertiary alicyclic amines) is 1. The molecule has 1 unspecified atom stereocenters. The number of ether oxygens (including phenoxy) is 2. The van der Waals surface area contributed by atoms with Crippen LogP contribution >= 0.6 is 11.6 Å². The number of nitrogens with zero attached hydrogens (tertiary/aromatic N) is 1. The van der Waals surface area contributed by atoms with Crippen molar-refractivity contribution in [3.63, 3.8) is 0 Å². The largest absolute Gasteiger partial charge is 0.350 e. The number of alkyl halides is 1. The lowest BCUT2D eigenvalue weighted by molar-refractivity contribution is -0.302. The van der Waals surface area contributed by atoms with E-state index in [9.17, 15) is 4.79 Å². The van der Waals surface area contributed by atoms with E-state index in [0.717, 1.165) is 0 Å². The molecule has 2 saturated heterocycles. The molecule has 2 heterocycles. The molecule has 0 aromatic rings. The van der Waals surface area contributed by atoms with Gasteiger partial charge in [0.25, 0.3) is 0 Å². The lowest BCUT2D eigenvalue weighted by atomic mass is 9.80. The normalized spacial score (nSPS) is 28.6. The Hall–Kier alpha value is -0.320. The van der Waals surface area contributed by atoms with Gasteiger partial charge in [0.1, 0.15) is 5.38 Å². The third kappa shape index (κ3) is 2.19. The molecule has 0 bridgehead atoms. The molecule has 2 fully saturated rings. The van der Waals surface area contributed by atoms with Crippen LogP contribution in [0, 0.1) is 5.41 Å². The summed E-state index contributed by atoms with van der Waals surface area (Å²) in [5, 5.41) is -0.445. The molecule has 1 amide bonds. The first-order chi connectivity index (χ1) is 7.34. The summed E-state index contributed by atoms with van der Waals surface area (Å²) in [5.41, 5.74) is -0.00302. The monoisotopic (exact) mass is 247 g/mol. The summed E-state index contributed by atoms with van der Waals surface area (Å²) < 4.78 is 11.2. The number of hydrogen-bond acceptors (Lipinski definition) is 3. The third-order valence-corrected chi connectivity index (χ3v) is 3.34. The van der Waals surface area contributed by atoms with Gasteiger partial charge < -0.3 is 14.4 Å². The third-order valence-electron chi connectivity index (χ3n) is 3.16. The van der Waals surface area contributed by atoms with Gasteiger partial charge >= 0.3 is 0 Å². The Morgan fingerprint density at radius 2 is 1.81 bits per heavy atom. The lowest BCUT2D eigenvalue weighted by Crippen LogP contribution is -2.66. The van der Waals surface area contributed by atoms with Crippen LogP contribution in [-0.2, 0) is 14.3 Å². The minimum Gasteiger partial charge on any atom is -0.350 e. The molecule has 0 N–H and O–H groups in total. The highest BCUT2D eigenvalue weighted by Gasteiger charge is 2.50. The average molecular weight is 248 g/mol. The number of hydrogen-bond donors (Lipinski definition) is 0. The Balaban J connectivity index is 1.86. The minimum atomic E-state index is -0.491. The van der Waals surface area contributed by atoms with Crippen molar-refractivity contribution in [2.24, 2.45) is 5.41 Å². The molecule has 4 nitrogen and oxygen atoms in total. The SMILES string of the molecule is CC(Cl)C(=O)N1CC2(COC(C)(C)OC2)C1. The standard InChI is InChI=1S/C11H18ClNO3/c1-8(12)9(14)13-4-11(5-13)6-15-10(2,3)16-7-11/h8H,4-7H2,1-3H3.